The van der Waals surface area contributed by atoms with E-state index in [-0.39, 0.29) is 18.0 Å². The molecule has 2 rings (SSSR count). The highest BCUT2D eigenvalue weighted by Crippen LogP contribution is 2.16. The fourth-order valence-electron chi connectivity index (χ4n) is 1.90. The van der Waals surface area contributed by atoms with Crippen LogP contribution in [0.15, 0.2) is 46.9 Å². The van der Waals surface area contributed by atoms with E-state index in [9.17, 15) is 14.0 Å². The quantitative estimate of drug-likeness (QED) is 0.872. The van der Waals surface area contributed by atoms with E-state index < -0.39 is 11.7 Å². The molecule has 2 aromatic rings. The lowest BCUT2D eigenvalue weighted by atomic mass is 10.1. The summed E-state index contributed by atoms with van der Waals surface area (Å²) in [6.07, 6.45) is 0. The highest BCUT2D eigenvalue weighted by Gasteiger charge is 2.12. The first-order valence-corrected chi connectivity index (χ1v) is 7.35. The monoisotopic (exact) mass is 364 g/mol. The molecular weight excluding hydrogens is 351 g/mol. The second-order valence-electron chi connectivity index (χ2n) is 4.69. The van der Waals surface area contributed by atoms with E-state index in [1.807, 2.05) is 24.3 Å². The maximum Gasteiger partial charge on any atom is 0.254 e. The third kappa shape index (κ3) is 4.39. The van der Waals surface area contributed by atoms with Gasteiger partial charge in [0.25, 0.3) is 5.91 Å². The summed E-state index contributed by atoms with van der Waals surface area (Å²) in [6.45, 7) is 1.62. The number of carbonyl (C=O) groups is 2. The number of hydrogen-bond donors (Lipinski definition) is 2. The lowest BCUT2D eigenvalue weighted by Crippen LogP contribution is -2.24. The van der Waals surface area contributed by atoms with Crippen LogP contribution in [0.25, 0.3) is 0 Å². The predicted molar refractivity (Wildman–Crippen MR) is 86.0 cm³/mol. The van der Waals surface area contributed by atoms with Crippen LogP contribution in [0.1, 0.15) is 22.8 Å². The van der Waals surface area contributed by atoms with Crippen LogP contribution in [0.3, 0.4) is 0 Å². The molecule has 114 valence electrons. The molecule has 0 aliphatic rings. The Kier molecular flexibility index (Phi) is 5.27. The van der Waals surface area contributed by atoms with Gasteiger partial charge in [-0.1, -0.05) is 28.1 Å². The van der Waals surface area contributed by atoms with Crippen LogP contribution in [-0.2, 0) is 11.3 Å². The van der Waals surface area contributed by atoms with Crippen molar-refractivity contribution in [1.29, 1.82) is 0 Å². The molecule has 0 heterocycles. The third-order valence-corrected chi connectivity index (χ3v) is 3.37. The molecule has 2 aromatic carbocycles. The van der Waals surface area contributed by atoms with Crippen LogP contribution in [0, 0.1) is 5.82 Å². The molecule has 2 amide bonds. The zero-order chi connectivity index (χ0) is 16.1. The summed E-state index contributed by atoms with van der Waals surface area (Å²) in [7, 11) is 0. The van der Waals surface area contributed by atoms with Gasteiger partial charge >= 0.3 is 0 Å². The van der Waals surface area contributed by atoms with Crippen molar-refractivity contribution in [1.82, 2.24) is 5.32 Å². The molecular formula is C16H14BrFN2O2. The molecule has 4 nitrogen and oxygen atoms in total. The van der Waals surface area contributed by atoms with E-state index in [0.717, 1.165) is 16.1 Å². The Hall–Kier alpha value is -2.21. The van der Waals surface area contributed by atoms with Gasteiger partial charge in [0.1, 0.15) is 5.82 Å². The molecule has 6 heteroatoms. The Morgan fingerprint density at radius 3 is 2.64 bits per heavy atom. The minimum atomic E-state index is -0.638. The molecule has 0 radical (unpaired) electrons. The lowest BCUT2D eigenvalue weighted by molar-refractivity contribution is -0.114. The smallest absolute Gasteiger partial charge is 0.254 e. The zero-order valence-electron chi connectivity index (χ0n) is 11.8. The highest BCUT2D eigenvalue weighted by atomic mass is 79.9. The van der Waals surface area contributed by atoms with Crippen LogP contribution in [0.2, 0.25) is 0 Å². The largest absolute Gasteiger partial charge is 0.348 e. The first-order valence-electron chi connectivity index (χ1n) is 6.55. The van der Waals surface area contributed by atoms with E-state index in [0.29, 0.717) is 5.69 Å². The maximum atomic E-state index is 13.8. The van der Waals surface area contributed by atoms with Crippen molar-refractivity contribution in [2.75, 3.05) is 5.32 Å². The van der Waals surface area contributed by atoms with E-state index in [2.05, 4.69) is 26.6 Å². The standard InChI is InChI=1S/C16H14BrFN2O2/c1-10(21)20-13-5-6-15(18)14(8-13)16(22)19-9-11-3-2-4-12(17)7-11/h2-8H,9H2,1H3,(H,19,22)(H,20,21). The molecule has 0 bridgehead atoms. The second kappa shape index (κ2) is 7.17. The second-order valence-corrected chi connectivity index (χ2v) is 5.60. The highest BCUT2D eigenvalue weighted by molar-refractivity contribution is 9.10. The van der Waals surface area contributed by atoms with E-state index >= 15 is 0 Å². The zero-order valence-corrected chi connectivity index (χ0v) is 13.4. The van der Waals surface area contributed by atoms with Crippen molar-refractivity contribution < 1.29 is 14.0 Å². The summed E-state index contributed by atoms with van der Waals surface area (Å²) in [5.41, 5.74) is 1.16. The van der Waals surface area contributed by atoms with Crippen LogP contribution in [0.4, 0.5) is 10.1 Å². The van der Waals surface area contributed by atoms with E-state index in [4.69, 9.17) is 0 Å². The average molecular weight is 365 g/mol. The van der Waals surface area contributed by atoms with Gasteiger partial charge in [0.2, 0.25) is 5.91 Å². The van der Waals surface area contributed by atoms with E-state index in [1.54, 1.807) is 0 Å². The van der Waals surface area contributed by atoms with Crippen LogP contribution in [0.5, 0.6) is 0 Å². The molecule has 0 aliphatic carbocycles. The Morgan fingerprint density at radius 2 is 1.95 bits per heavy atom. The van der Waals surface area contributed by atoms with Gasteiger partial charge in [0, 0.05) is 23.6 Å². The fourth-order valence-corrected chi connectivity index (χ4v) is 2.35. The molecule has 0 fully saturated rings. The van der Waals surface area contributed by atoms with Gasteiger partial charge in [0.05, 0.1) is 5.56 Å². The molecule has 0 spiro atoms. The van der Waals surface area contributed by atoms with Gasteiger partial charge in [-0.25, -0.2) is 4.39 Å². The van der Waals surface area contributed by atoms with Crippen molar-refractivity contribution in [3.05, 3.63) is 63.9 Å². The molecule has 0 aromatic heterocycles. The topological polar surface area (TPSA) is 58.2 Å². The third-order valence-electron chi connectivity index (χ3n) is 2.87. The van der Waals surface area contributed by atoms with Gasteiger partial charge < -0.3 is 10.6 Å². The van der Waals surface area contributed by atoms with Crippen LogP contribution < -0.4 is 10.6 Å². The number of halogens is 2. The van der Waals surface area contributed by atoms with Gasteiger partial charge in [0.15, 0.2) is 0 Å². The molecule has 0 unspecified atom stereocenters. The molecule has 0 aliphatic heterocycles. The van der Waals surface area contributed by atoms with Crippen molar-refractivity contribution >= 4 is 33.4 Å². The summed E-state index contributed by atoms with van der Waals surface area (Å²) < 4.78 is 14.7. The molecule has 0 saturated carbocycles. The van der Waals surface area contributed by atoms with Crippen molar-refractivity contribution in [2.24, 2.45) is 0 Å². The van der Waals surface area contributed by atoms with Gasteiger partial charge in [-0.05, 0) is 35.9 Å². The summed E-state index contributed by atoms with van der Waals surface area (Å²) in [6, 6.07) is 11.3. The normalized spacial score (nSPS) is 10.1. The number of carbonyl (C=O) groups excluding carboxylic acids is 2. The minimum absolute atomic E-state index is 0.110. The minimum Gasteiger partial charge on any atom is -0.348 e. The summed E-state index contributed by atoms with van der Waals surface area (Å²) in [5, 5.41) is 5.17. The Balaban J connectivity index is 2.10. The molecule has 2 N–H and O–H groups in total. The number of rotatable bonds is 4. The number of hydrogen-bond acceptors (Lipinski definition) is 2. The van der Waals surface area contributed by atoms with Crippen molar-refractivity contribution in [2.45, 2.75) is 13.5 Å². The average Bonchev–Trinajstić information content (AvgIpc) is 2.46. The lowest BCUT2D eigenvalue weighted by Gasteiger charge is -2.09. The first kappa shape index (κ1) is 16.2. The molecule has 0 saturated heterocycles. The van der Waals surface area contributed by atoms with Crippen molar-refractivity contribution in [3.63, 3.8) is 0 Å². The Morgan fingerprint density at radius 1 is 1.18 bits per heavy atom. The fraction of sp³-hybridized carbons (Fsp3) is 0.125. The molecule has 22 heavy (non-hydrogen) atoms. The number of amides is 2. The Bertz CT molecular complexity index is 719. The Labute approximate surface area is 135 Å². The van der Waals surface area contributed by atoms with Crippen LogP contribution >= 0.6 is 15.9 Å². The summed E-state index contributed by atoms with van der Waals surface area (Å²) in [5.74, 6) is -1.46. The van der Waals surface area contributed by atoms with Gasteiger partial charge in [-0.3, -0.25) is 9.59 Å². The number of anilines is 1. The number of benzene rings is 2. The molecule has 0 atom stereocenters. The maximum absolute atomic E-state index is 13.8. The summed E-state index contributed by atoms with van der Waals surface area (Å²) in [4.78, 5) is 23.1. The van der Waals surface area contributed by atoms with Crippen molar-refractivity contribution in [3.8, 4) is 0 Å². The predicted octanol–water partition coefficient (Wildman–Crippen LogP) is 3.48. The first-order chi connectivity index (χ1) is 10.5. The van der Waals surface area contributed by atoms with Crippen LogP contribution in [-0.4, -0.2) is 11.8 Å². The van der Waals surface area contributed by atoms with E-state index in [1.165, 1.54) is 19.1 Å². The summed E-state index contributed by atoms with van der Waals surface area (Å²) >= 11 is 3.35. The number of nitrogens with one attached hydrogen (secondary N) is 2. The van der Waals surface area contributed by atoms with Gasteiger partial charge in [-0.2, -0.15) is 0 Å². The SMILES string of the molecule is CC(=O)Nc1ccc(F)c(C(=O)NCc2cccc(Br)c2)c1. The van der Waals surface area contributed by atoms with Gasteiger partial charge in [-0.15, -0.1) is 0 Å².